The van der Waals surface area contributed by atoms with Crippen molar-refractivity contribution in [3.05, 3.63) is 0 Å². The predicted molar refractivity (Wildman–Crippen MR) is 88.7 cm³/mol. The summed E-state index contributed by atoms with van der Waals surface area (Å²) < 4.78 is 11.5. The fourth-order valence-electron chi connectivity index (χ4n) is 3.96. The molecule has 0 radical (unpaired) electrons. The van der Waals surface area contributed by atoms with Gasteiger partial charge in [0.2, 0.25) is 0 Å². The highest BCUT2D eigenvalue weighted by molar-refractivity contribution is 5.79. The minimum absolute atomic E-state index is 0.0142. The summed E-state index contributed by atoms with van der Waals surface area (Å²) in [6, 6.07) is 0. The van der Waals surface area contributed by atoms with Gasteiger partial charge in [0.05, 0.1) is 11.3 Å². The van der Waals surface area contributed by atoms with Crippen LogP contribution >= 0.6 is 0 Å². The van der Waals surface area contributed by atoms with Gasteiger partial charge < -0.3 is 9.47 Å². The van der Waals surface area contributed by atoms with Crippen LogP contribution in [0, 0.1) is 22.7 Å². The molecule has 1 heterocycles. The zero-order chi connectivity index (χ0) is 17.6. The predicted octanol–water partition coefficient (Wildman–Crippen LogP) is 4.11. The maximum Gasteiger partial charge on any atom is 0.312 e. The van der Waals surface area contributed by atoms with E-state index in [2.05, 4.69) is 34.6 Å². The van der Waals surface area contributed by atoms with E-state index in [-0.39, 0.29) is 29.4 Å². The minimum atomic E-state index is -0.647. The van der Waals surface area contributed by atoms with Crippen LogP contribution in [0.4, 0.5) is 0 Å². The van der Waals surface area contributed by atoms with Gasteiger partial charge in [0.25, 0.3) is 0 Å². The molecule has 0 amide bonds. The fourth-order valence-corrected chi connectivity index (χ4v) is 3.96. The maximum absolute atomic E-state index is 13.1. The number of ether oxygens (including phenoxy) is 2. The van der Waals surface area contributed by atoms with Crippen molar-refractivity contribution in [2.75, 3.05) is 0 Å². The Morgan fingerprint density at radius 2 is 1.91 bits per heavy atom. The molecule has 2 fully saturated rings. The van der Waals surface area contributed by atoms with Crippen LogP contribution in [0.1, 0.15) is 74.1 Å². The standard InChI is InChI=1S/C19H32O4/c1-12(2)10-18(6,17(3,4)5)16(21)22-14-9-8-13-11-19(14,7)23-15(13)20/h12-14H,8-11H2,1-7H3. The van der Waals surface area contributed by atoms with Crippen LogP contribution in [0.2, 0.25) is 0 Å². The molecule has 1 aliphatic heterocycles. The molecule has 132 valence electrons. The van der Waals surface area contributed by atoms with Crippen molar-refractivity contribution in [2.24, 2.45) is 22.7 Å². The number of hydrogen-bond donors (Lipinski definition) is 0. The van der Waals surface area contributed by atoms with E-state index in [4.69, 9.17) is 9.47 Å². The average molecular weight is 324 g/mol. The number of rotatable bonds is 4. The molecule has 23 heavy (non-hydrogen) atoms. The molecule has 2 bridgehead atoms. The molecular formula is C19H32O4. The number of carbonyl (C=O) groups is 2. The Bertz CT molecular complexity index is 490. The van der Waals surface area contributed by atoms with Gasteiger partial charge in [-0.25, -0.2) is 0 Å². The SMILES string of the molecule is CC(C)CC(C)(C(=O)OC1CCC2CC1(C)OC2=O)C(C)(C)C. The van der Waals surface area contributed by atoms with Gasteiger partial charge in [0.1, 0.15) is 11.7 Å². The third kappa shape index (κ3) is 3.27. The van der Waals surface area contributed by atoms with Crippen LogP contribution < -0.4 is 0 Å². The van der Waals surface area contributed by atoms with Gasteiger partial charge in [-0.1, -0.05) is 34.6 Å². The van der Waals surface area contributed by atoms with Gasteiger partial charge in [-0.2, -0.15) is 0 Å². The molecule has 4 atom stereocenters. The Kier molecular flexibility index (Phi) is 4.60. The van der Waals surface area contributed by atoms with E-state index in [1.54, 1.807) is 0 Å². The lowest BCUT2D eigenvalue weighted by Gasteiger charge is -2.43. The number of carbonyl (C=O) groups excluding carboxylic acids is 2. The van der Waals surface area contributed by atoms with Gasteiger partial charge in [-0.3, -0.25) is 9.59 Å². The first kappa shape index (κ1) is 18.3. The topological polar surface area (TPSA) is 52.6 Å². The highest BCUT2D eigenvalue weighted by Gasteiger charge is 2.55. The summed E-state index contributed by atoms with van der Waals surface area (Å²) in [7, 11) is 0. The van der Waals surface area contributed by atoms with E-state index in [1.807, 2.05) is 13.8 Å². The number of hydrogen-bond acceptors (Lipinski definition) is 4. The summed E-state index contributed by atoms with van der Waals surface area (Å²) in [5.41, 5.74) is -1.40. The monoisotopic (exact) mass is 324 g/mol. The first-order valence-electron chi connectivity index (χ1n) is 8.83. The summed E-state index contributed by atoms with van der Waals surface area (Å²) in [5, 5.41) is 0. The normalized spacial score (nSPS) is 33.3. The van der Waals surface area contributed by atoms with E-state index < -0.39 is 11.0 Å². The first-order chi connectivity index (χ1) is 10.4. The molecule has 2 rings (SSSR count). The molecule has 4 heteroatoms. The molecular weight excluding hydrogens is 292 g/mol. The second kappa shape index (κ2) is 5.78. The van der Waals surface area contributed by atoms with Crippen molar-refractivity contribution in [3.8, 4) is 0 Å². The van der Waals surface area contributed by atoms with Gasteiger partial charge in [-0.15, -0.1) is 0 Å². The molecule has 0 N–H and O–H groups in total. The Balaban J connectivity index is 2.17. The number of esters is 2. The highest BCUT2D eigenvalue weighted by atomic mass is 16.6. The Hall–Kier alpha value is -1.06. The zero-order valence-electron chi connectivity index (χ0n) is 15.7. The highest BCUT2D eigenvalue weighted by Crippen LogP contribution is 2.48. The van der Waals surface area contributed by atoms with Gasteiger partial charge in [0, 0.05) is 6.42 Å². The van der Waals surface area contributed by atoms with E-state index in [0.29, 0.717) is 18.8 Å². The molecule has 0 aromatic heterocycles. The van der Waals surface area contributed by atoms with Crippen molar-refractivity contribution in [1.82, 2.24) is 0 Å². The smallest absolute Gasteiger partial charge is 0.312 e. The van der Waals surface area contributed by atoms with Crippen LogP contribution in [-0.2, 0) is 19.1 Å². The van der Waals surface area contributed by atoms with Crippen molar-refractivity contribution < 1.29 is 19.1 Å². The first-order valence-corrected chi connectivity index (χ1v) is 8.83. The molecule has 4 unspecified atom stereocenters. The van der Waals surface area contributed by atoms with Gasteiger partial charge in [0.15, 0.2) is 0 Å². The summed E-state index contributed by atoms with van der Waals surface area (Å²) in [6.45, 7) is 14.4. The molecule has 0 spiro atoms. The second-order valence-corrected chi connectivity index (χ2v) is 9.29. The lowest BCUT2D eigenvalue weighted by atomic mass is 9.64. The summed E-state index contributed by atoms with van der Waals surface area (Å²) in [6.07, 6.45) is 2.58. The van der Waals surface area contributed by atoms with E-state index in [1.165, 1.54) is 0 Å². The summed E-state index contributed by atoms with van der Waals surface area (Å²) in [5.74, 6) is 0.0974. The van der Waals surface area contributed by atoms with Crippen LogP contribution in [0.5, 0.6) is 0 Å². The third-order valence-electron chi connectivity index (χ3n) is 5.95. The van der Waals surface area contributed by atoms with Crippen molar-refractivity contribution in [1.29, 1.82) is 0 Å². The minimum Gasteiger partial charge on any atom is -0.458 e. The molecule has 0 aromatic carbocycles. The van der Waals surface area contributed by atoms with Crippen molar-refractivity contribution in [2.45, 2.75) is 85.9 Å². The van der Waals surface area contributed by atoms with Crippen molar-refractivity contribution in [3.63, 3.8) is 0 Å². The molecule has 1 aliphatic carbocycles. The summed E-state index contributed by atoms with van der Waals surface area (Å²) >= 11 is 0. The Labute approximate surface area is 140 Å². The Morgan fingerprint density at radius 1 is 1.30 bits per heavy atom. The third-order valence-corrected chi connectivity index (χ3v) is 5.95. The molecule has 2 aliphatic rings. The van der Waals surface area contributed by atoms with E-state index in [0.717, 1.165) is 12.8 Å². The van der Waals surface area contributed by atoms with Crippen LogP contribution in [0.3, 0.4) is 0 Å². The molecule has 1 saturated heterocycles. The largest absolute Gasteiger partial charge is 0.458 e. The van der Waals surface area contributed by atoms with E-state index >= 15 is 0 Å². The lowest BCUT2D eigenvalue weighted by Crippen LogP contribution is -2.49. The zero-order valence-corrected chi connectivity index (χ0v) is 15.7. The molecule has 1 saturated carbocycles. The van der Waals surface area contributed by atoms with Crippen LogP contribution in [-0.4, -0.2) is 23.6 Å². The van der Waals surface area contributed by atoms with Gasteiger partial charge in [-0.05, 0) is 44.4 Å². The van der Waals surface area contributed by atoms with Crippen LogP contribution in [0.25, 0.3) is 0 Å². The summed E-state index contributed by atoms with van der Waals surface area (Å²) in [4.78, 5) is 24.9. The maximum atomic E-state index is 13.1. The lowest BCUT2D eigenvalue weighted by molar-refractivity contribution is -0.187. The fraction of sp³-hybridized carbons (Fsp3) is 0.895. The Morgan fingerprint density at radius 3 is 2.43 bits per heavy atom. The second-order valence-electron chi connectivity index (χ2n) is 9.29. The molecule has 4 nitrogen and oxygen atoms in total. The van der Waals surface area contributed by atoms with E-state index in [9.17, 15) is 9.59 Å². The van der Waals surface area contributed by atoms with Crippen molar-refractivity contribution >= 4 is 11.9 Å². The molecule has 0 aromatic rings. The quantitative estimate of drug-likeness (QED) is 0.730. The van der Waals surface area contributed by atoms with Crippen LogP contribution in [0.15, 0.2) is 0 Å². The number of fused-ring (bicyclic) bond motifs is 2. The average Bonchev–Trinajstić information content (AvgIpc) is 2.62. The van der Waals surface area contributed by atoms with Gasteiger partial charge >= 0.3 is 11.9 Å².